The van der Waals surface area contributed by atoms with E-state index in [1.165, 1.54) is 18.6 Å². The van der Waals surface area contributed by atoms with Crippen molar-refractivity contribution in [1.29, 1.82) is 0 Å². The van der Waals surface area contributed by atoms with E-state index in [1.807, 2.05) is 0 Å². The Balaban J connectivity index is 2.00. The van der Waals surface area contributed by atoms with E-state index in [-0.39, 0.29) is 5.02 Å². The van der Waals surface area contributed by atoms with Gasteiger partial charge in [-0.25, -0.2) is 4.39 Å². The van der Waals surface area contributed by atoms with Gasteiger partial charge < -0.3 is 10.1 Å². The minimum Gasteiger partial charge on any atom is -0.491 e. The maximum Gasteiger partial charge on any atom is 0.145 e. The fourth-order valence-electron chi connectivity index (χ4n) is 1.70. The molecular weight excluding hydrogens is 296 g/mol. The number of ether oxygens (including phenoxy) is 1. The summed E-state index contributed by atoms with van der Waals surface area (Å²) in [6, 6.07) is 3.18. The van der Waals surface area contributed by atoms with Gasteiger partial charge in [0.2, 0.25) is 0 Å². The van der Waals surface area contributed by atoms with Crippen LogP contribution in [0, 0.1) is 5.82 Å². The summed E-state index contributed by atoms with van der Waals surface area (Å²) in [6.45, 7) is 1.59. The Morgan fingerprint density at radius 3 is 3.06 bits per heavy atom. The molecule has 0 radical (unpaired) electrons. The molecule has 1 atom stereocenters. The van der Waals surface area contributed by atoms with E-state index in [0.717, 1.165) is 13.0 Å². The van der Waals surface area contributed by atoms with Gasteiger partial charge in [0, 0.05) is 12.1 Å². The molecule has 16 heavy (non-hydrogen) atoms. The highest BCUT2D eigenvalue weighted by atomic mass is 79.9. The molecule has 2 rings (SSSR count). The Hall–Kier alpha value is -0.320. The minimum atomic E-state index is -0.459. The normalized spacial score (nSPS) is 20.1. The summed E-state index contributed by atoms with van der Waals surface area (Å²) in [4.78, 5) is 0. The molecule has 2 nitrogen and oxygen atoms in total. The Morgan fingerprint density at radius 2 is 2.38 bits per heavy atom. The number of hydrogen-bond donors (Lipinski definition) is 1. The summed E-state index contributed by atoms with van der Waals surface area (Å²) < 4.78 is 19.4. The molecule has 1 aromatic carbocycles. The molecule has 1 unspecified atom stereocenters. The molecular formula is C11H12BrClFNO. The van der Waals surface area contributed by atoms with Crippen LogP contribution in [-0.4, -0.2) is 19.2 Å². The molecule has 0 amide bonds. The van der Waals surface area contributed by atoms with Gasteiger partial charge in [-0.05, 0) is 41.4 Å². The molecule has 1 aliphatic rings. The van der Waals surface area contributed by atoms with Gasteiger partial charge in [0.05, 0.1) is 9.50 Å². The van der Waals surface area contributed by atoms with Gasteiger partial charge in [-0.1, -0.05) is 11.6 Å². The van der Waals surface area contributed by atoms with Crippen LogP contribution in [0.5, 0.6) is 5.75 Å². The van der Waals surface area contributed by atoms with Gasteiger partial charge in [-0.2, -0.15) is 0 Å². The van der Waals surface area contributed by atoms with E-state index in [4.69, 9.17) is 16.3 Å². The van der Waals surface area contributed by atoms with Crippen LogP contribution in [0.4, 0.5) is 4.39 Å². The van der Waals surface area contributed by atoms with E-state index in [9.17, 15) is 4.39 Å². The largest absolute Gasteiger partial charge is 0.491 e. The van der Waals surface area contributed by atoms with Crippen LogP contribution < -0.4 is 10.1 Å². The third-order valence-corrected chi connectivity index (χ3v) is 3.49. The lowest BCUT2D eigenvalue weighted by Crippen LogP contribution is -2.28. The SMILES string of the molecule is Fc1cc(OCC2CCCN2)c(Br)cc1Cl. The Morgan fingerprint density at radius 1 is 1.56 bits per heavy atom. The zero-order valence-corrected chi connectivity index (χ0v) is 10.9. The molecule has 1 aliphatic heterocycles. The van der Waals surface area contributed by atoms with E-state index < -0.39 is 5.82 Å². The van der Waals surface area contributed by atoms with Crippen molar-refractivity contribution in [3.63, 3.8) is 0 Å². The number of rotatable bonds is 3. The second-order valence-corrected chi connectivity index (χ2v) is 5.06. The minimum absolute atomic E-state index is 0.0956. The highest BCUT2D eigenvalue weighted by Crippen LogP contribution is 2.30. The molecule has 0 bridgehead atoms. The fourth-order valence-corrected chi connectivity index (χ4v) is 2.46. The highest BCUT2D eigenvalue weighted by molar-refractivity contribution is 9.10. The fraction of sp³-hybridized carbons (Fsp3) is 0.455. The van der Waals surface area contributed by atoms with Gasteiger partial charge >= 0.3 is 0 Å². The van der Waals surface area contributed by atoms with E-state index in [0.29, 0.717) is 22.9 Å². The molecule has 0 aromatic heterocycles. The predicted molar refractivity (Wildman–Crippen MR) is 65.6 cm³/mol. The van der Waals surface area contributed by atoms with Crippen LogP contribution in [0.15, 0.2) is 16.6 Å². The van der Waals surface area contributed by atoms with Crippen molar-refractivity contribution >= 4 is 27.5 Å². The first-order chi connectivity index (χ1) is 7.66. The third-order valence-electron chi connectivity index (χ3n) is 2.58. The van der Waals surface area contributed by atoms with Gasteiger partial charge in [0.25, 0.3) is 0 Å². The molecule has 88 valence electrons. The molecule has 5 heteroatoms. The monoisotopic (exact) mass is 307 g/mol. The molecule has 0 aliphatic carbocycles. The summed E-state index contributed by atoms with van der Waals surface area (Å²) >= 11 is 8.93. The van der Waals surface area contributed by atoms with Crippen molar-refractivity contribution in [3.05, 3.63) is 27.4 Å². The summed E-state index contributed by atoms with van der Waals surface area (Å²) in [5.74, 6) is 0.0369. The Kier molecular flexibility index (Phi) is 4.05. The van der Waals surface area contributed by atoms with Crippen LogP contribution in [-0.2, 0) is 0 Å². The molecule has 1 saturated heterocycles. The highest BCUT2D eigenvalue weighted by Gasteiger charge is 2.15. The number of nitrogens with one attached hydrogen (secondary N) is 1. The van der Waals surface area contributed by atoms with Crippen molar-refractivity contribution in [3.8, 4) is 5.75 Å². The van der Waals surface area contributed by atoms with Crippen LogP contribution >= 0.6 is 27.5 Å². The summed E-state index contributed by atoms with van der Waals surface area (Å²) in [7, 11) is 0. The third kappa shape index (κ3) is 2.87. The lowest BCUT2D eigenvalue weighted by Gasteiger charge is -2.13. The first kappa shape index (κ1) is 12.1. The van der Waals surface area contributed by atoms with Gasteiger partial charge in [0.1, 0.15) is 18.2 Å². The van der Waals surface area contributed by atoms with Crippen LogP contribution in [0.3, 0.4) is 0 Å². The lowest BCUT2D eigenvalue weighted by atomic mass is 10.2. The number of benzene rings is 1. The lowest BCUT2D eigenvalue weighted by molar-refractivity contribution is 0.274. The van der Waals surface area contributed by atoms with Crippen LogP contribution in [0.1, 0.15) is 12.8 Å². The van der Waals surface area contributed by atoms with Crippen molar-refractivity contribution in [2.24, 2.45) is 0 Å². The number of hydrogen-bond acceptors (Lipinski definition) is 2. The van der Waals surface area contributed by atoms with Crippen molar-refractivity contribution < 1.29 is 9.13 Å². The van der Waals surface area contributed by atoms with Gasteiger partial charge in [0.15, 0.2) is 0 Å². The predicted octanol–water partition coefficient (Wildman–Crippen LogP) is 3.37. The van der Waals surface area contributed by atoms with Crippen molar-refractivity contribution in [1.82, 2.24) is 5.32 Å². The topological polar surface area (TPSA) is 21.3 Å². The first-order valence-electron chi connectivity index (χ1n) is 5.17. The standard InChI is InChI=1S/C11H12BrClFNO/c12-8-4-9(13)10(14)5-11(8)16-6-7-2-1-3-15-7/h4-5,7,15H,1-3,6H2. The maximum absolute atomic E-state index is 13.2. The van der Waals surface area contributed by atoms with E-state index >= 15 is 0 Å². The molecule has 0 spiro atoms. The maximum atomic E-state index is 13.2. The molecule has 1 N–H and O–H groups in total. The molecule has 1 aromatic rings. The summed E-state index contributed by atoms with van der Waals surface area (Å²) in [5, 5.41) is 3.41. The van der Waals surface area contributed by atoms with E-state index in [1.54, 1.807) is 0 Å². The second-order valence-electron chi connectivity index (χ2n) is 3.80. The molecule has 1 heterocycles. The van der Waals surface area contributed by atoms with Gasteiger partial charge in [-0.3, -0.25) is 0 Å². The zero-order valence-electron chi connectivity index (χ0n) is 8.60. The Bertz CT molecular complexity index is 382. The van der Waals surface area contributed by atoms with Crippen LogP contribution in [0.25, 0.3) is 0 Å². The molecule has 0 saturated carbocycles. The average Bonchev–Trinajstić information content (AvgIpc) is 2.74. The van der Waals surface area contributed by atoms with E-state index in [2.05, 4.69) is 21.2 Å². The van der Waals surface area contributed by atoms with Crippen LogP contribution in [0.2, 0.25) is 5.02 Å². The first-order valence-corrected chi connectivity index (χ1v) is 6.34. The quantitative estimate of drug-likeness (QED) is 0.865. The summed E-state index contributed by atoms with van der Waals surface area (Å²) in [6.07, 6.45) is 2.28. The smallest absolute Gasteiger partial charge is 0.145 e. The van der Waals surface area contributed by atoms with Crippen molar-refractivity contribution in [2.75, 3.05) is 13.2 Å². The Labute approximate surface area is 107 Å². The molecule has 1 fully saturated rings. The second kappa shape index (κ2) is 5.34. The van der Waals surface area contributed by atoms with Crippen molar-refractivity contribution in [2.45, 2.75) is 18.9 Å². The average molecular weight is 309 g/mol. The number of halogens is 3. The summed E-state index contributed by atoms with van der Waals surface area (Å²) in [5.41, 5.74) is 0. The zero-order chi connectivity index (χ0) is 11.5. The van der Waals surface area contributed by atoms with Gasteiger partial charge in [-0.15, -0.1) is 0 Å².